The molecule has 0 unspecified atom stereocenters. The number of fused-ring (bicyclic) bond motifs is 1. The van der Waals surface area contributed by atoms with Gasteiger partial charge in [0.1, 0.15) is 29.8 Å². The van der Waals surface area contributed by atoms with Crippen molar-refractivity contribution in [1.29, 1.82) is 0 Å². The van der Waals surface area contributed by atoms with Gasteiger partial charge >= 0.3 is 0 Å². The molecule has 0 radical (unpaired) electrons. The molecule has 9 nitrogen and oxygen atoms in total. The summed E-state index contributed by atoms with van der Waals surface area (Å²) in [5.74, 6) is 0.270. The lowest BCUT2D eigenvalue weighted by Gasteiger charge is -2.25. The van der Waals surface area contributed by atoms with Crippen LogP contribution in [0, 0.1) is 11.8 Å². The molecule has 0 spiro atoms. The van der Waals surface area contributed by atoms with Crippen LogP contribution in [0.1, 0.15) is 65.6 Å². The molecule has 0 saturated heterocycles. The van der Waals surface area contributed by atoms with Gasteiger partial charge in [0.2, 0.25) is 5.95 Å². The Morgan fingerprint density at radius 2 is 2.05 bits per heavy atom. The zero-order valence-corrected chi connectivity index (χ0v) is 22.9. The number of aromatic nitrogens is 5. The highest BCUT2D eigenvalue weighted by Crippen LogP contribution is 2.44. The maximum atomic E-state index is 13.7. The minimum atomic E-state index is -3.64. The Morgan fingerprint density at radius 3 is 2.72 bits per heavy atom. The van der Waals surface area contributed by atoms with E-state index in [1.54, 1.807) is 11.6 Å². The van der Waals surface area contributed by atoms with Gasteiger partial charge in [0.25, 0.3) is 6.43 Å². The predicted octanol–water partition coefficient (Wildman–Crippen LogP) is 4.53. The molecule has 0 bridgehead atoms. The zero-order valence-electron chi connectivity index (χ0n) is 21.3. The van der Waals surface area contributed by atoms with Crippen molar-refractivity contribution < 1.29 is 26.4 Å². The van der Waals surface area contributed by atoms with Gasteiger partial charge in [-0.1, -0.05) is 12.8 Å². The second-order valence-corrected chi connectivity index (χ2v) is 14.0. The molecule has 3 heterocycles. The molecule has 1 N–H and O–H groups in total. The van der Waals surface area contributed by atoms with Gasteiger partial charge in [0.15, 0.2) is 9.84 Å². The highest BCUT2D eigenvalue weighted by atomic mass is 32.2. The van der Waals surface area contributed by atoms with Crippen molar-refractivity contribution in [3.05, 3.63) is 33.4 Å². The Kier molecular flexibility index (Phi) is 6.81. The molecule has 39 heavy (non-hydrogen) atoms. The van der Waals surface area contributed by atoms with Crippen molar-refractivity contribution in [2.24, 2.45) is 18.9 Å². The Hall–Kier alpha value is -2.74. The van der Waals surface area contributed by atoms with E-state index >= 15 is 0 Å². The normalized spacial score (nSPS) is 22.7. The number of alkyl halides is 3. The first-order valence-corrected chi connectivity index (χ1v) is 15.6. The molecule has 2 saturated carbocycles. The van der Waals surface area contributed by atoms with Crippen molar-refractivity contribution >= 4 is 38.7 Å². The number of ketones is 1. The van der Waals surface area contributed by atoms with Crippen LogP contribution >= 0.6 is 11.3 Å². The molecule has 6 rings (SSSR count). The molecular weight excluding hydrogens is 553 g/mol. The molecular formula is C25H29F3N6O3S2. The largest absolute Gasteiger partial charge is 0.309 e. The molecule has 0 aromatic carbocycles. The van der Waals surface area contributed by atoms with E-state index in [-0.39, 0.29) is 41.0 Å². The van der Waals surface area contributed by atoms with E-state index in [9.17, 15) is 26.4 Å². The van der Waals surface area contributed by atoms with Crippen LogP contribution in [0.3, 0.4) is 0 Å². The Labute approximate surface area is 227 Å². The minimum Gasteiger partial charge on any atom is -0.309 e. The molecule has 3 atom stereocenters. The van der Waals surface area contributed by atoms with Gasteiger partial charge < -0.3 is 5.32 Å². The summed E-state index contributed by atoms with van der Waals surface area (Å²) in [6, 6.07) is 1.06. The number of halogens is 3. The van der Waals surface area contributed by atoms with E-state index in [0.29, 0.717) is 48.2 Å². The van der Waals surface area contributed by atoms with Crippen LogP contribution < -0.4 is 5.32 Å². The van der Waals surface area contributed by atoms with E-state index in [2.05, 4.69) is 20.6 Å². The molecule has 2 fully saturated rings. The van der Waals surface area contributed by atoms with Crippen LogP contribution in [-0.2, 0) is 40.9 Å². The summed E-state index contributed by atoms with van der Waals surface area (Å²) in [6.07, 6.45) is 2.24. The standard InChI is InChI=1S/C25H29F3N6O3S2/c1-33-22(10-18(32-33)24(27)28)30-25-31-29-12-34(25)14-4-5-20-16(8-14)23(39(36,37)7-6-13-2-3-13)21(38-20)11-19(35)15-9-17(15)26/h10,12-15,17,24H,2-9,11H2,1H3,(H,30,31)/t14-,15-,17-/m0/s1. The lowest BCUT2D eigenvalue weighted by atomic mass is 9.93. The number of carbonyl (C=O) groups is 1. The van der Waals surface area contributed by atoms with Gasteiger partial charge in [0, 0.05) is 35.3 Å². The number of thiophene rings is 1. The number of rotatable bonds is 11. The fourth-order valence-corrected chi connectivity index (χ4v) is 9.03. The predicted molar refractivity (Wildman–Crippen MR) is 138 cm³/mol. The zero-order chi connectivity index (χ0) is 27.5. The monoisotopic (exact) mass is 582 g/mol. The van der Waals surface area contributed by atoms with Crippen molar-refractivity contribution in [2.75, 3.05) is 11.1 Å². The highest BCUT2D eigenvalue weighted by molar-refractivity contribution is 7.91. The summed E-state index contributed by atoms with van der Waals surface area (Å²) in [6.45, 7) is 0. The average Bonchev–Trinajstić information content (AvgIpc) is 3.72. The fraction of sp³-hybridized carbons (Fsp3) is 0.600. The summed E-state index contributed by atoms with van der Waals surface area (Å²) in [5.41, 5.74) is 0.364. The lowest BCUT2D eigenvalue weighted by molar-refractivity contribution is -0.119. The first kappa shape index (κ1) is 26.5. The number of sulfone groups is 1. The van der Waals surface area contributed by atoms with Crippen LogP contribution in [0.25, 0.3) is 0 Å². The fourth-order valence-electron chi connectivity index (χ4n) is 5.35. The van der Waals surface area contributed by atoms with Gasteiger partial charge in [0.05, 0.1) is 16.6 Å². The summed E-state index contributed by atoms with van der Waals surface area (Å²) in [4.78, 5) is 14.4. The SMILES string of the molecule is Cn1nc(C(F)F)cc1Nc1nncn1[C@H]1CCc2sc(CC(=O)[C@H]3C[C@@H]3F)c(S(=O)(=O)CCC3CC3)c2C1. The number of nitrogens with zero attached hydrogens (tertiary/aromatic N) is 5. The van der Waals surface area contributed by atoms with Crippen LogP contribution in [0.5, 0.6) is 0 Å². The number of hydrogen-bond acceptors (Lipinski definition) is 8. The van der Waals surface area contributed by atoms with Gasteiger partial charge in [-0.05, 0) is 43.6 Å². The summed E-state index contributed by atoms with van der Waals surface area (Å²) >= 11 is 1.37. The Morgan fingerprint density at radius 1 is 1.28 bits per heavy atom. The van der Waals surface area contributed by atoms with E-state index in [0.717, 1.165) is 23.3 Å². The smallest absolute Gasteiger partial charge is 0.282 e. The van der Waals surface area contributed by atoms with Gasteiger partial charge in [-0.25, -0.2) is 21.6 Å². The third-order valence-electron chi connectivity index (χ3n) is 7.85. The van der Waals surface area contributed by atoms with E-state index < -0.39 is 28.4 Å². The van der Waals surface area contributed by atoms with Gasteiger partial charge in [-0.15, -0.1) is 21.5 Å². The Balaban J connectivity index is 1.29. The highest BCUT2D eigenvalue weighted by Gasteiger charge is 2.44. The molecule has 3 aliphatic rings. The molecule has 0 aliphatic heterocycles. The van der Waals surface area contributed by atoms with Crippen molar-refractivity contribution in [1.82, 2.24) is 24.5 Å². The molecule has 0 amide bonds. The van der Waals surface area contributed by atoms with Crippen molar-refractivity contribution in [3.8, 4) is 0 Å². The van der Waals surface area contributed by atoms with Crippen LogP contribution in [-0.4, -0.2) is 50.7 Å². The summed E-state index contributed by atoms with van der Waals surface area (Å²) < 4.78 is 70.2. The van der Waals surface area contributed by atoms with Crippen LogP contribution in [0.4, 0.5) is 24.9 Å². The number of Topliss-reactive ketones (excluding diaryl/α,β-unsaturated/α-hetero) is 1. The molecule has 14 heteroatoms. The molecule has 3 aromatic heterocycles. The van der Waals surface area contributed by atoms with E-state index in [4.69, 9.17) is 0 Å². The van der Waals surface area contributed by atoms with Gasteiger partial charge in [-0.2, -0.15) is 5.10 Å². The van der Waals surface area contributed by atoms with E-state index in [1.165, 1.54) is 28.4 Å². The summed E-state index contributed by atoms with van der Waals surface area (Å²) in [7, 11) is -2.10. The van der Waals surface area contributed by atoms with E-state index in [1.807, 2.05) is 0 Å². The first-order chi connectivity index (χ1) is 18.6. The second kappa shape index (κ2) is 10.0. The summed E-state index contributed by atoms with van der Waals surface area (Å²) in [5, 5.41) is 15.0. The maximum absolute atomic E-state index is 13.7. The first-order valence-electron chi connectivity index (χ1n) is 13.1. The van der Waals surface area contributed by atoms with Crippen LogP contribution in [0.15, 0.2) is 17.3 Å². The number of carbonyl (C=O) groups excluding carboxylic acids is 1. The number of hydrogen-bond donors (Lipinski definition) is 1. The third-order valence-corrected chi connectivity index (χ3v) is 11.2. The molecule has 3 aliphatic carbocycles. The quantitative estimate of drug-likeness (QED) is 0.354. The maximum Gasteiger partial charge on any atom is 0.282 e. The lowest BCUT2D eigenvalue weighted by Crippen LogP contribution is -2.21. The topological polar surface area (TPSA) is 112 Å². The second-order valence-electron chi connectivity index (χ2n) is 10.8. The average molecular weight is 583 g/mol. The number of aryl methyl sites for hydroxylation is 2. The van der Waals surface area contributed by atoms with Crippen LogP contribution in [0.2, 0.25) is 0 Å². The number of nitrogens with one attached hydrogen (secondary N) is 1. The molecule has 210 valence electrons. The minimum absolute atomic E-state index is 0.0360. The Bertz CT molecular complexity index is 1510. The van der Waals surface area contributed by atoms with Crippen molar-refractivity contribution in [2.45, 2.75) is 74.9 Å². The van der Waals surface area contributed by atoms with Gasteiger partial charge in [-0.3, -0.25) is 14.0 Å². The molecule has 3 aromatic rings. The van der Waals surface area contributed by atoms with Crippen molar-refractivity contribution in [3.63, 3.8) is 0 Å². The number of anilines is 2. The third kappa shape index (κ3) is 5.37.